The molecule has 9 nitrogen and oxygen atoms in total. The third-order valence-corrected chi connectivity index (χ3v) is 6.94. The van der Waals surface area contributed by atoms with E-state index in [1.807, 2.05) is 23.1 Å². The summed E-state index contributed by atoms with van der Waals surface area (Å²) in [4.78, 5) is 44.5. The minimum Gasteiger partial charge on any atom is -0.491 e. The summed E-state index contributed by atoms with van der Waals surface area (Å²) in [5, 5.41) is 0. The maximum absolute atomic E-state index is 14.1. The number of rotatable bonds is 5. The molecule has 3 amide bonds. The van der Waals surface area contributed by atoms with E-state index in [-0.39, 0.29) is 31.5 Å². The smallest absolute Gasteiger partial charge is 0.410 e. The molecule has 9 heteroatoms. The molecule has 1 saturated heterocycles. The first kappa shape index (κ1) is 29.7. The van der Waals surface area contributed by atoms with Gasteiger partial charge in [-0.2, -0.15) is 0 Å². The Morgan fingerprint density at radius 1 is 1.13 bits per heavy atom. The Hall–Kier alpha value is -2.81. The molecule has 1 aromatic rings. The van der Waals surface area contributed by atoms with Crippen molar-refractivity contribution in [1.29, 1.82) is 0 Å². The van der Waals surface area contributed by atoms with Crippen LogP contribution in [0.4, 0.5) is 4.79 Å². The topological polar surface area (TPSA) is 88.6 Å². The SMILES string of the molecule is CCCCN1CCOc2ccccc2CCCCC2(CN(C(=O)CN(C)C(=O)OC(C)(C)C)CCO2)C1=O. The molecular weight excluding hydrogens is 486 g/mol. The lowest BCUT2D eigenvalue weighted by Gasteiger charge is -2.44. The minimum atomic E-state index is -1.11. The van der Waals surface area contributed by atoms with Crippen LogP contribution in [0, 0.1) is 0 Å². The van der Waals surface area contributed by atoms with Crippen molar-refractivity contribution in [3.8, 4) is 5.75 Å². The Labute approximate surface area is 227 Å². The zero-order valence-electron chi connectivity index (χ0n) is 23.8. The maximum atomic E-state index is 14.1. The number of hydrogen-bond acceptors (Lipinski definition) is 6. The van der Waals surface area contributed by atoms with Crippen LogP contribution in [-0.2, 0) is 25.5 Å². The summed E-state index contributed by atoms with van der Waals surface area (Å²) < 4.78 is 17.8. The van der Waals surface area contributed by atoms with Gasteiger partial charge in [-0.1, -0.05) is 31.5 Å². The molecule has 0 radical (unpaired) electrons. The van der Waals surface area contributed by atoms with E-state index in [2.05, 4.69) is 13.0 Å². The highest BCUT2D eigenvalue weighted by Crippen LogP contribution is 2.30. The largest absolute Gasteiger partial charge is 0.491 e. The molecule has 2 aliphatic rings. The van der Waals surface area contributed by atoms with Crippen LogP contribution in [0.2, 0.25) is 0 Å². The van der Waals surface area contributed by atoms with Crippen LogP contribution in [0.5, 0.6) is 5.75 Å². The molecule has 1 fully saturated rings. The molecule has 3 rings (SSSR count). The van der Waals surface area contributed by atoms with E-state index < -0.39 is 17.3 Å². The van der Waals surface area contributed by atoms with Crippen LogP contribution in [0.1, 0.15) is 65.4 Å². The molecule has 0 bridgehead atoms. The Morgan fingerprint density at radius 3 is 2.63 bits per heavy atom. The van der Waals surface area contributed by atoms with Crippen molar-refractivity contribution in [3.63, 3.8) is 0 Å². The molecule has 0 N–H and O–H groups in total. The van der Waals surface area contributed by atoms with Crippen LogP contribution in [0.3, 0.4) is 0 Å². The zero-order chi connectivity index (χ0) is 27.8. The molecule has 212 valence electrons. The number of likely N-dealkylation sites (N-methyl/N-ethyl adjacent to an activating group) is 1. The van der Waals surface area contributed by atoms with Crippen molar-refractivity contribution in [2.75, 3.05) is 53.0 Å². The third kappa shape index (κ3) is 8.09. The molecular formula is C29H45N3O6. The van der Waals surface area contributed by atoms with Crippen LogP contribution < -0.4 is 4.74 Å². The first-order chi connectivity index (χ1) is 18.0. The summed E-state index contributed by atoms with van der Waals surface area (Å²) in [5.74, 6) is 0.573. The van der Waals surface area contributed by atoms with Gasteiger partial charge < -0.3 is 28.9 Å². The van der Waals surface area contributed by atoms with Gasteiger partial charge in [0.1, 0.15) is 24.5 Å². The number of hydrogen-bond donors (Lipinski definition) is 0. The molecule has 0 aliphatic carbocycles. The maximum Gasteiger partial charge on any atom is 0.410 e. The van der Waals surface area contributed by atoms with E-state index in [0.29, 0.717) is 32.7 Å². The predicted octanol–water partition coefficient (Wildman–Crippen LogP) is 3.89. The predicted molar refractivity (Wildman–Crippen MR) is 145 cm³/mol. The van der Waals surface area contributed by atoms with Crippen molar-refractivity contribution in [2.45, 2.75) is 77.4 Å². The van der Waals surface area contributed by atoms with Gasteiger partial charge in [-0.3, -0.25) is 9.59 Å². The number of nitrogens with zero attached hydrogens (tertiary/aromatic N) is 3. The van der Waals surface area contributed by atoms with Gasteiger partial charge in [0.2, 0.25) is 5.91 Å². The second-order valence-corrected chi connectivity index (χ2v) is 11.3. The lowest BCUT2D eigenvalue weighted by atomic mass is 9.90. The van der Waals surface area contributed by atoms with E-state index >= 15 is 0 Å². The quantitative estimate of drug-likeness (QED) is 0.573. The number of ether oxygens (including phenoxy) is 3. The highest BCUT2D eigenvalue weighted by atomic mass is 16.6. The summed E-state index contributed by atoms with van der Waals surface area (Å²) in [5.41, 5.74) is -0.589. The van der Waals surface area contributed by atoms with Gasteiger partial charge in [0, 0.05) is 20.1 Å². The Morgan fingerprint density at radius 2 is 1.89 bits per heavy atom. The molecule has 1 spiro atoms. The van der Waals surface area contributed by atoms with Gasteiger partial charge in [-0.15, -0.1) is 0 Å². The second-order valence-electron chi connectivity index (χ2n) is 11.3. The molecule has 0 aromatic heterocycles. The Balaban J connectivity index is 1.77. The number of amides is 3. The van der Waals surface area contributed by atoms with Crippen molar-refractivity contribution in [3.05, 3.63) is 29.8 Å². The van der Waals surface area contributed by atoms with Crippen molar-refractivity contribution >= 4 is 17.9 Å². The van der Waals surface area contributed by atoms with Gasteiger partial charge in [0.05, 0.1) is 19.7 Å². The van der Waals surface area contributed by atoms with Gasteiger partial charge in [0.25, 0.3) is 5.91 Å². The van der Waals surface area contributed by atoms with Gasteiger partial charge in [-0.05, 0) is 64.5 Å². The highest BCUT2D eigenvalue weighted by Gasteiger charge is 2.46. The fourth-order valence-electron chi connectivity index (χ4n) is 4.89. The molecule has 1 unspecified atom stereocenters. The first-order valence-corrected chi connectivity index (χ1v) is 13.9. The molecule has 1 atom stereocenters. The number of para-hydroxylation sites is 1. The third-order valence-electron chi connectivity index (χ3n) is 6.94. The number of carbonyl (C=O) groups excluding carboxylic acids is 3. The van der Waals surface area contributed by atoms with Gasteiger partial charge in [0.15, 0.2) is 5.60 Å². The number of aryl methyl sites for hydroxylation is 1. The lowest BCUT2D eigenvalue weighted by molar-refractivity contribution is -0.177. The lowest BCUT2D eigenvalue weighted by Crippen LogP contribution is -2.62. The van der Waals surface area contributed by atoms with Crippen molar-refractivity contribution in [2.24, 2.45) is 0 Å². The van der Waals surface area contributed by atoms with Crippen LogP contribution in [0.15, 0.2) is 24.3 Å². The highest BCUT2D eigenvalue weighted by molar-refractivity contribution is 5.88. The average molecular weight is 532 g/mol. The van der Waals surface area contributed by atoms with Crippen LogP contribution in [-0.4, -0.2) is 96.8 Å². The van der Waals surface area contributed by atoms with Gasteiger partial charge in [-0.25, -0.2) is 4.79 Å². The minimum absolute atomic E-state index is 0.0820. The molecule has 2 aliphatic heterocycles. The molecule has 2 heterocycles. The fraction of sp³-hybridized carbons (Fsp3) is 0.690. The second kappa shape index (κ2) is 13.3. The number of benzene rings is 1. The Kier molecular flexibility index (Phi) is 10.4. The molecule has 0 saturated carbocycles. The monoisotopic (exact) mass is 531 g/mol. The Bertz CT molecular complexity index is 962. The summed E-state index contributed by atoms with van der Waals surface area (Å²) in [6.07, 6.45) is 4.32. The number of unbranched alkanes of at least 4 members (excludes halogenated alkanes) is 1. The fourth-order valence-corrected chi connectivity index (χ4v) is 4.89. The number of fused-ring (bicyclic) bond motifs is 1. The summed E-state index contributed by atoms with van der Waals surface area (Å²) in [6, 6.07) is 8.08. The van der Waals surface area contributed by atoms with Gasteiger partial charge >= 0.3 is 6.09 Å². The van der Waals surface area contributed by atoms with Crippen LogP contribution >= 0.6 is 0 Å². The van der Waals surface area contributed by atoms with E-state index in [1.54, 1.807) is 32.7 Å². The molecule has 1 aromatic carbocycles. The number of carbonyl (C=O) groups is 3. The molecule has 38 heavy (non-hydrogen) atoms. The van der Waals surface area contributed by atoms with E-state index in [0.717, 1.165) is 37.9 Å². The first-order valence-electron chi connectivity index (χ1n) is 13.9. The van der Waals surface area contributed by atoms with E-state index in [9.17, 15) is 14.4 Å². The standard InChI is InChI=1S/C29H45N3O6/c1-6-7-16-31-17-19-36-24-14-9-8-12-23(24)13-10-11-15-29(26(31)34)22-32(18-20-37-29)25(33)21-30(5)27(35)38-28(2,3)4/h8-9,12,14H,6-7,10-11,13,15-22H2,1-5H3. The van der Waals surface area contributed by atoms with Crippen LogP contribution in [0.25, 0.3) is 0 Å². The van der Waals surface area contributed by atoms with E-state index in [4.69, 9.17) is 14.2 Å². The summed E-state index contributed by atoms with van der Waals surface area (Å²) >= 11 is 0. The summed E-state index contributed by atoms with van der Waals surface area (Å²) in [7, 11) is 1.55. The number of morpholine rings is 1. The average Bonchev–Trinajstić information content (AvgIpc) is 2.87. The zero-order valence-corrected chi connectivity index (χ0v) is 23.8. The normalized spacial score (nSPS) is 21.1. The summed E-state index contributed by atoms with van der Waals surface area (Å²) in [6.45, 7) is 9.62. The van der Waals surface area contributed by atoms with Crippen molar-refractivity contribution in [1.82, 2.24) is 14.7 Å². The van der Waals surface area contributed by atoms with Crippen molar-refractivity contribution < 1.29 is 28.6 Å². The van der Waals surface area contributed by atoms with E-state index in [1.165, 1.54) is 10.5 Å².